The maximum atomic E-state index is 11.6. The summed E-state index contributed by atoms with van der Waals surface area (Å²) < 4.78 is 0. The molecule has 2 fully saturated rings. The largest absolute Gasteiger partial charge is 0.295 e. The Morgan fingerprint density at radius 2 is 2.23 bits per heavy atom. The molecule has 1 spiro atoms. The van der Waals surface area contributed by atoms with Crippen LogP contribution in [0, 0.1) is 23.2 Å². The molecule has 0 aromatic carbocycles. The predicted octanol–water partition coefficient (Wildman–Crippen LogP) is 2.57. The van der Waals surface area contributed by atoms with Crippen molar-refractivity contribution < 1.29 is 4.79 Å². The molecule has 0 N–H and O–H groups in total. The molecule has 0 heterocycles. The number of hydrogen-bond acceptors (Lipinski definition) is 1. The molecule has 3 rings (SSSR count). The maximum absolute atomic E-state index is 11.6. The zero-order valence-electron chi connectivity index (χ0n) is 8.12. The summed E-state index contributed by atoms with van der Waals surface area (Å²) in [5.41, 5.74) is 0.330. The van der Waals surface area contributed by atoms with Crippen LogP contribution in [0.4, 0.5) is 0 Å². The first kappa shape index (κ1) is 7.78. The smallest absolute Gasteiger partial charge is 0.159 e. The van der Waals surface area contributed by atoms with Crippen molar-refractivity contribution in [1.29, 1.82) is 0 Å². The fraction of sp³-hybridized carbons (Fsp3) is 0.750. The molecular formula is C12H16O. The Labute approximate surface area is 79.2 Å². The third-order valence-corrected chi connectivity index (χ3v) is 4.73. The van der Waals surface area contributed by atoms with Crippen LogP contribution in [0.15, 0.2) is 12.2 Å². The molecule has 0 saturated heterocycles. The first-order valence-electron chi connectivity index (χ1n) is 5.47. The fourth-order valence-electron chi connectivity index (χ4n) is 4.08. The van der Waals surface area contributed by atoms with E-state index in [9.17, 15) is 4.79 Å². The lowest BCUT2D eigenvalue weighted by atomic mass is 9.75. The normalized spacial score (nSPS) is 52.7. The van der Waals surface area contributed by atoms with Gasteiger partial charge in [0.15, 0.2) is 5.78 Å². The Bertz CT molecular complexity index is 291. The Kier molecular flexibility index (Phi) is 1.35. The van der Waals surface area contributed by atoms with Crippen LogP contribution in [0.3, 0.4) is 0 Å². The summed E-state index contributed by atoms with van der Waals surface area (Å²) in [5.74, 6) is 2.46. The quantitative estimate of drug-likeness (QED) is 0.554. The van der Waals surface area contributed by atoms with Crippen LogP contribution in [0.1, 0.15) is 32.6 Å². The molecule has 0 radical (unpaired) electrons. The molecule has 3 aliphatic carbocycles. The van der Waals surface area contributed by atoms with Crippen LogP contribution >= 0.6 is 0 Å². The SMILES string of the molecule is CC1CCC23C=CC(=O)C2CCC13. The Balaban J connectivity index is 2.05. The van der Waals surface area contributed by atoms with Crippen molar-refractivity contribution in [3.05, 3.63) is 12.2 Å². The third kappa shape index (κ3) is 0.762. The predicted molar refractivity (Wildman–Crippen MR) is 51.2 cm³/mol. The van der Waals surface area contributed by atoms with Gasteiger partial charge in [-0.2, -0.15) is 0 Å². The van der Waals surface area contributed by atoms with Crippen molar-refractivity contribution in [3.63, 3.8) is 0 Å². The molecule has 2 saturated carbocycles. The van der Waals surface area contributed by atoms with E-state index in [1.54, 1.807) is 0 Å². The molecule has 3 aliphatic rings. The molecule has 70 valence electrons. The highest BCUT2D eigenvalue weighted by atomic mass is 16.1. The summed E-state index contributed by atoms with van der Waals surface area (Å²) in [6.07, 6.45) is 9.16. The number of allylic oxidation sites excluding steroid dienone is 2. The van der Waals surface area contributed by atoms with Gasteiger partial charge in [-0.05, 0) is 43.6 Å². The van der Waals surface area contributed by atoms with Crippen molar-refractivity contribution in [3.8, 4) is 0 Å². The van der Waals surface area contributed by atoms with Gasteiger partial charge in [-0.15, -0.1) is 0 Å². The van der Waals surface area contributed by atoms with Gasteiger partial charge in [0, 0.05) is 11.3 Å². The molecule has 4 atom stereocenters. The van der Waals surface area contributed by atoms with E-state index in [1.165, 1.54) is 19.3 Å². The van der Waals surface area contributed by atoms with E-state index in [0.29, 0.717) is 17.1 Å². The molecule has 4 unspecified atom stereocenters. The van der Waals surface area contributed by atoms with Crippen molar-refractivity contribution in [1.82, 2.24) is 0 Å². The van der Waals surface area contributed by atoms with Gasteiger partial charge in [0.05, 0.1) is 0 Å². The number of hydrogen-bond donors (Lipinski definition) is 0. The third-order valence-electron chi connectivity index (χ3n) is 4.73. The molecule has 1 nitrogen and oxygen atoms in total. The maximum Gasteiger partial charge on any atom is 0.159 e. The molecule has 0 aromatic rings. The lowest BCUT2D eigenvalue weighted by Crippen LogP contribution is -2.26. The molecular weight excluding hydrogens is 160 g/mol. The second kappa shape index (κ2) is 2.26. The van der Waals surface area contributed by atoms with Gasteiger partial charge in [0.1, 0.15) is 0 Å². The lowest BCUT2D eigenvalue weighted by molar-refractivity contribution is -0.119. The fourth-order valence-corrected chi connectivity index (χ4v) is 4.08. The van der Waals surface area contributed by atoms with Gasteiger partial charge in [0.25, 0.3) is 0 Å². The van der Waals surface area contributed by atoms with Gasteiger partial charge in [-0.25, -0.2) is 0 Å². The minimum Gasteiger partial charge on any atom is -0.295 e. The second-order valence-corrected chi connectivity index (χ2v) is 5.10. The molecule has 1 heteroatoms. The standard InChI is InChI=1S/C12H16O/c1-8-4-6-12-7-5-11(13)10(12)3-2-9(8)12/h5,7-10H,2-4,6H2,1H3. The average Bonchev–Trinajstić information content (AvgIpc) is 2.68. The first-order valence-corrected chi connectivity index (χ1v) is 5.47. The summed E-state index contributed by atoms with van der Waals surface area (Å²) >= 11 is 0. The second-order valence-electron chi connectivity index (χ2n) is 5.10. The summed E-state index contributed by atoms with van der Waals surface area (Å²) in [6.45, 7) is 2.36. The van der Waals surface area contributed by atoms with Crippen molar-refractivity contribution in [2.45, 2.75) is 32.6 Å². The van der Waals surface area contributed by atoms with Crippen molar-refractivity contribution >= 4 is 5.78 Å². The summed E-state index contributed by atoms with van der Waals surface area (Å²) in [5, 5.41) is 0. The lowest BCUT2D eigenvalue weighted by Gasteiger charge is -2.28. The zero-order valence-corrected chi connectivity index (χ0v) is 8.12. The van der Waals surface area contributed by atoms with Gasteiger partial charge >= 0.3 is 0 Å². The van der Waals surface area contributed by atoms with Crippen LogP contribution < -0.4 is 0 Å². The Hall–Kier alpha value is -0.590. The number of ketones is 1. The molecule has 13 heavy (non-hydrogen) atoms. The Morgan fingerprint density at radius 1 is 1.38 bits per heavy atom. The van der Waals surface area contributed by atoms with Crippen molar-refractivity contribution in [2.75, 3.05) is 0 Å². The highest BCUT2D eigenvalue weighted by Crippen LogP contribution is 2.62. The van der Waals surface area contributed by atoms with Crippen LogP contribution in [0.2, 0.25) is 0 Å². The topological polar surface area (TPSA) is 17.1 Å². The highest BCUT2D eigenvalue weighted by molar-refractivity contribution is 5.95. The average molecular weight is 176 g/mol. The first-order chi connectivity index (χ1) is 6.24. The van der Waals surface area contributed by atoms with E-state index in [-0.39, 0.29) is 0 Å². The summed E-state index contributed by atoms with van der Waals surface area (Å²) in [4.78, 5) is 11.6. The van der Waals surface area contributed by atoms with E-state index in [1.807, 2.05) is 6.08 Å². The van der Waals surface area contributed by atoms with Crippen LogP contribution in [-0.2, 0) is 4.79 Å². The van der Waals surface area contributed by atoms with E-state index >= 15 is 0 Å². The van der Waals surface area contributed by atoms with E-state index in [4.69, 9.17) is 0 Å². The van der Waals surface area contributed by atoms with E-state index < -0.39 is 0 Å². The van der Waals surface area contributed by atoms with Crippen LogP contribution in [-0.4, -0.2) is 5.78 Å². The Morgan fingerprint density at radius 3 is 3.08 bits per heavy atom. The van der Waals surface area contributed by atoms with Crippen LogP contribution in [0.5, 0.6) is 0 Å². The minimum atomic E-state index is 0.330. The molecule has 0 amide bonds. The molecule has 0 bridgehead atoms. The monoisotopic (exact) mass is 176 g/mol. The van der Waals surface area contributed by atoms with E-state index in [2.05, 4.69) is 13.0 Å². The molecule has 0 aliphatic heterocycles. The van der Waals surface area contributed by atoms with Crippen molar-refractivity contribution in [2.24, 2.45) is 23.2 Å². The van der Waals surface area contributed by atoms with E-state index in [0.717, 1.165) is 18.3 Å². The van der Waals surface area contributed by atoms with Gasteiger partial charge in [0.2, 0.25) is 0 Å². The highest BCUT2D eigenvalue weighted by Gasteiger charge is 2.57. The number of carbonyl (C=O) groups is 1. The van der Waals surface area contributed by atoms with Crippen LogP contribution in [0.25, 0.3) is 0 Å². The van der Waals surface area contributed by atoms with Gasteiger partial charge in [-0.1, -0.05) is 13.0 Å². The number of rotatable bonds is 0. The summed E-state index contributed by atoms with van der Waals surface area (Å²) in [7, 11) is 0. The van der Waals surface area contributed by atoms with Gasteiger partial charge in [-0.3, -0.25) is 4.79 Å². The zero-order chi connectivity index (χ0) is 9.05. The number of carbonyl (C=O) groups excluding carboxylic acids is 1. The molecule has 0 aromatic heterocycles. The van der Waals surface area contributed by atoms with Gasteiger partial charge < -0.3 is 0 Å². The summed E-state index contributed by atoms with van der Waals surface area (Å²) in [6, 6.07) is 0. The minimum absolute atomic E-state index is 0.330.